The quantitative estimate of drug-likeness (QED) is 0.765. The van der Waals surface area contributed by atoms with Crippen LogP contribution in [0.15, 0.2) is 30.5 Å². The topological polar surface area (TPSA) is 63.9 Å². The van der Waals surface area contributed by atoms with E-state index >= 15 is 0 Å². The van der Waals surface area contributed by atoms with Crippen LogP contribution < -0.4 is 10.5 Å². The van der Waals surface area contributed by atoms with Crippen LogP contribution in [0.4, 0.5) is 10.2 Å². The van der Waals surface area contributed by atoms with E-state index in [0.717, 1.165) is 0 Å². The Hall–Kier alpha value is -2.04. The Labute approximate surface area is 79.5 Å². The molecule has 0 unspecified atom stereocenters. The molecule has 0 atom stereocenters. The number of halogens is 1. The van der Waals surface area contributed by atoms with Crippen molar-refractivity contribution in [3.05, 3.63) is 36.3 Å². The number of rotatable bonds is 2. The number of para-hydroxylation sites is 1. The normalized spacial score (nSPS) is 10.1. The second-order valence-corrected chi connectivity index (χ2v) is 2.68. The molecular weight excluding hydrogens is 185 g/mol. The third-order valence-corrected chi connectivity index (χ3v) is 1.62. The number of hydrogen-bond acceptors (Lipinski definition) is 3. The summed E-state index contributed by atoms with van der Waals surface area (Å²) in [5.74, 6) is 0.0423. The smallest absolute Gasteiger partial charge is 0.300 e. The van der Waals surface area contributed by atoms with Gasteiger partial charge in [-0.05, 0) is 12.1 Å². The molecule has 72 valence electrons. The van der Waals surface area contributed by atoms with E-state index in [1.165, 1.54) is 18.3 Å². The first-order valence-corrected chi connectivity index (χ1v) is 3.98. The predicted molar refractivity (Wildman–Crippen MR) is 49.5 cm³/mol. The summed E-state index contributed by atoms with van der Waals surface area (Å²) in [7, 11) is 0. The minimum absolute atomic E-state index is 0.113. The number of nitrogens with zero attached hydrogens (tertiary/aromatic N) is 1. The van der Waals surface area contributed by atoms with Gasteiger partial charge in [0.15, 0.2) is 11.6 Å². The van der Waals surface area contributed by atoms with E-state index in [1.54, 1.807) is 12.1 Å². The number of nitrogens with two attached hydrogens (primary N) is 1. The maximum absolute atomic E-state index is 13.1. The number of anilines is 1. The second-order valence-electron chi connectivity index (χ2n) is 2.68. The summed E-state index contributed by atoms with van der Waals surface area (Å²) < 4.78 is 18.2. The molecule has 0 fully saturated rings. The molecule has 2 aromatic rings. The Morgan fingerprint density at radius 3 is 2.79 bits per heavy atom. The molecule has 2 rings (SSSR count). The number of nitrogen functional groups attached to an aromatic ring is 1. The van der Waals surface area contributed by atoms with Crippen molar-refractivity contribution >= 4 is 5.82 Å². The molecule has 0 amide bonds. The maximum Gasteiger partial charge on any atom is 0.300 e. The molecule has 1 heterocycles. The lowest BCUT2D eigenvalue weighted by Gasteiger charge is -2.01. The summed E-state index contributed by atoms with van der Waals surface area (Å²) in [6.07, 6.45) is 1.40. The van der Waals surface area contributed by atoms with E-state index in [4.69, 9.17) is 10.5 Å². The van der Waals surface area contributed by atoms with Gasteiger partial charge in [0.1, 0.15) is 5.82 Å². The number of imidazole rings is 1. The van der Waals surface area contributed by atoms with Crippen LogP contribution in [0.25, 0.3) is 0 Å². The zero-order valence-corrected chi connectivity index (χ0v) is 7.20. The molecular formula is C9H8FN3O. The molecule has 1 aromatic carbocycles. The highest BCUT2D eigenvalue weighted by Crippen LogP contribution is 2.21. The number of aromatic nitrogens is 2. The number of benzene rings is 1. The van der Waals surface area contributed by atoms with Crippen LogP contribution in [-0.4, -0.2) is 9.97 Å². The first kappa shape index (κ1) is 8.55. The van der Waals surface area contributed by atoms with Gasteiger partial charge in [-0.2, -0.15) is 0 Å². The van der Waals surface area contributed by atoms with Crippen LogP contribution >= 0.6 is 0 Å². The first-order valence-electron chi connectivity index (χ1n) is 3.98. The van der Waals surface area contributed by atoms with Gasteiger partial charge in [0.05, 0.1) is 6.20 Å². The summed E-state index contributed by atoms with van der Waals surface area (Å²) in [4.78, 5) is 6.41. The molecule has 0 radical (unpaired) electrons. The number of nitrogens with one attached hydrogen (secondary N) is 1. The Balaban J connectivity index is 2.23. The summed E-state index contributed by atoms with van der Waals surface area (Å²) in [5.41, 5.74) is 5.38. The fourth-order valence-electron chi connectivity index (χ4n) is 1.000. The zero-order chi connectivity index (χ0) is 9.97. The number of H-pyrrole nitrogens is 1. The van der Waals surface area contributed by atoms with E-state index in [-0.39, 0.29) is 11.8 Å². The minimum atomic E-state index is -0.442. The lowest BCUT2D eigenvalue weighted by molar-refractivity contribution is 0.416. The standard InChI is InChI=1S/C9H8FN3O/c10-6-3-1-2-4-7(6)14-9-12-5-8(11)13-9/h1-5H,11H2,(H,12,13). The van der Waals surface area contributed by atoms with Gasteiger partial charge in [-0.25, -0.2) is 9.37 Å². The van der Waals surface area contributed by atoms with Gasteiger partial charge in [0, 0.05) is 0 Å². The zero-order valence-electron chi connectivity index (χ0n) is 7.20. The average molecular weight is 193 g/mol. The highest BCUT2D eigenvalue weighted by molar-refractivity contribution is 5.30. The van der Waals surface area contributed by atoms with Crippen molar-refractivity contribution in [3.63, 3.8) is 0 Å². The lowest BCUT2D eigenvalue weighted by Crippen LogP contribution is -1.89. The van der Waals surface area contributed by atoms with Gasteiger partial charge in [0.2, 0.25) is 0 Å². The molecule has 0 aliphatic heterocycles. The monoisotopic (exact) mass is 193 g/mol. The van der Waals surface area contributed by atoms with Crippen LogP contribution in [0.1, 0.15) is 0 Å². The molecule has 1 aromatic heterocycles. The molecule has 0 aliphatic carbocycles. The van der Waals surface area contributed by atoms with E-state index in [2.05, 4.69) is 9.97 Å². The molecule has 0 spiro atoms. The van der Waals surface area contributed by atoms with Crippen molar-refractivity contribution in [1.29, 1.82) is 0 Å². The Morgan fingerprint density at radius 1 is 1.36 bits per heavy atom. The van der Waals surface area contributed by atoms with Crippen molar-refractivity contribution in [2.24, 2.45) is 0 Å². The van der Waals surface area contributed by atoms with Gasteiger partial charge in [-0.1, -0.05) is 12.1 Å². The Bertz CT molecular complexity index is 441. The molecule has 0 bridgehead atoms. The Kier molecular flexibility index (Phi) is 2.06. The summed E-state index contributed by atoms with van der Waals surface area (Å²) in [6.45, 7) is 0. The average Bonchev–Trinajstić information content (AvgIpc) is 2.56. The Morgan fingerprint density at radius 2 is 2.14 bits per heavy atom. The van der Waals surface area contributed by atoms with E-state index in [9.17, 15) is 4.39 Å². The highest BCUT2D eigenvalue weighted by Gasteiger charge is 2.05. The number of ether oxygens (including phenoxy) is 1. The van der Waals surface area contributed by atoms with E-state index < -0.39 is 5.82 Å². The third-order valence-electron chi connectivity index (χ3n) is 1.62. The molecule has 0 aliphatic rings. The van der Waals surface area contributed by atoms with Crippen molar-refractivity contribution < 1.29 is 9.13 Å². The molecule has 0 saturated heterocycles. The van der Waals surface area contributed by atoms with Crippen molar-refractivity contribution in [3.8, 4) is 11.8 Å². The van der Waals surface area contributed by atoms with Crippen LogP contribution in [0, 0.1) is 5.82 Å². The van der Waals surface area contributed by atoms with Crippen LogP contribution in [0.3, 0.4) is 0 Å². The lowest BCUT2D eigenvalue weighted by atomic mass is 10.3. The SMILES string of the molecule is Nc1cnc(Oc2ccccc2F)[nH]1. The summed E-state index contributed by atoms with van der Waals surface area (Å²) in [6, 6.07) is 6.24. The molecule has 5 heteroatoms. The molecule has 4 nitrogen and oxygen atoms in total. The van der Waals surface area contributed by atoms with Gasteiger partial charge in [-0.3, -0.25) is 4.98 Å². The highest BCUT2D eigenvalue weighted by atomic mass is 19.1. The van der Waals surface area contributed by atoms with Crippen molar-refractivity contribution in [2.45, 2.75) is 0 Å². The van der Waals surface area contributed by atoms with Crippen molar-refractivity contribution in [2.75, 3.05) is 5.73 Å². The number of hydrogen-bond donors (Lipinski definition) is 2. The molecule has 0 saturated carbocycles. The first-order chi connectivity index (χ1) is 6.75. The van der Waals surface area contributed by atoms with E-state index in [0.29, 0.717) is 5.82 Å². The largest absolute Gasteiger partial charge is 0.422 e. The summed E-state index contributed by atoms with van der Waals surface area (Å²) in [5, 5.41) is 0. The maximum atomic E-state index is 13.1. The van der Waals surface area contributed by atoms with Gasteiger partial charge in [-0.15, -0.1) is 0 Å². The predicted octanol–water partition coefficient (Wildman–Crippen LogP) is 1.92. The molecule has 14 heavy (non-hydrogen) atoms. The molecule has 3 N–H and O–H groups in total. The fraction of sp³-hybridized carbons (Fsp3) is 0. The fourth-order valence-corrected chi connectivity index (χ4v) is 1.000. The van der Waals surface area contributed by atoms with Crippen LogP contribution in [0.2, 0.25) is 0 Å². The van der Waals surface area contributed by atoms with Gasteiger partial charge < -0.3 is 10.5 Å². The van der Waals surface area contributed by atoms with Gasteiger partial charge in [0.25, 0.3) is 0 Å². The minimum Gasteiger partial charge on any atom is -0.422 e. The number of aromatic amines is 1. The third kappa shape index (κ3) is 1.66. The van der Waals surface area contributed by atoms with Crippen molar-refractivity contribution in [1.82, 2.24) is 9.97 Å². The van der Waals surface area contributed by atoms with E-state index in [1.807, 2.05) is 0 Å². The summed E-state index contributed by atoms with van der Waals surface area (Å²) >= 11 is 0. The second kappa shape index (κ2) is 3.37. The van der Waals surface area contributed by atoms with Crippen LogP contribution in [-0.2, 0) is 0 Å². The van der Waals surface area contributed by atoms with Gasteiger partial charge >= 0.3 is 6.01 Å². The van der Waals surface area contributed by atoms with Crippen LogP contribution in [0.5, 0.6) is 11.8 Å².